The van der Waals surface area contributed by atoms with Crippen LogP contribution >= 0.6 is 0 Å². The molecule has 0 aromatic heterocycles. The molecule has 1 N–H and O–H groups in total. The average molecular weight is 324 g/mol. The van der Waals surface area contributed by atoms with E-state index >= 15 is 0 Å². The van der Waals surface area contributed by atoms with E-state index in [1.54, 1.807) is 0 Å². The molecule has 0 saturated carbocycles. The van der Waals surface area contributed by atoms with Crippen molar-refractivity contribution >= 4 is 15.8 Å². The summed E-state index contributed by atoms with van der Waals surface area (Å²) in [5.41, 5.74) is -1.17. The fourth-order valence-electron chi connectivity index (χ4n) is 1.83. The van der Waals surface area contributed by atoms with E-state index < -0.39 is 38.2 Å². The highest BCUT2D eigenvalue weighted by molar-refractivity contribution is 7.91. The third-order valence-electron chi connectivity index (χ3n) is 2.83. The molecule has 1 aromatic rings. The minimum absolute atomic E-state index is 0.0841. The lowest BCUT2D eigenvalue weighted by molar-refractivity contribution is -0.140. The third kappa shape index (κ3) is 5.37. The van der Waals surface area contributed by atoms with Crippen LogP contribution in [-0.2, 0) is 20.8 Å². The number of hydrogen-bond donors (Lipinski definition) is 1. The number of rotatable bonds is 7. The molecule has 0 aliphatic carbocycles. The summed E-state index contributed by atoms with van der Waals surface area (Å²) in [4.78, 5) is 9.57. The van der Waals surface area contributed by atoms with Crippen molar-refractivity contribution in [2.75, 3.05) is 5.75 Å². The molecule has 0 bridgehead atoms. The predicted octanol–water partition coefficient (Wildman–Crippen LogP) is 3.12. The van der Waals surface area contributed by atoms with Gasteiger partial charge in [-0.05, 0) is 25.0 Å². The topological polar surface area (TPSA) is 71.4 Å². The second-order valence-corrected chi connectivity index (χ2v) is 6.59. The molecule has 0 radical (unpaired) electrons. The van der Waals surface area contributed by atoms with Crippen molar-refractivity contribution in [3.63, 3.8) is 0 Å². The van der Waals surface area contributed by atoms with Gasteiger partial charge < -0.3 is 5.11 Å². The Balaban J connectivity index is 2.78. The maximum atomic E-state index is 12.8. The molecule has 1 rings (SSSR count). The molecule has 0 saturated heterocycles. The molecule has 0 aliphatic heterocycles. The summed E-state index contributed by atoms with van der Waals surface area (Å²) in [7, 11) is -4.04. The van der Waals surface area contributed by atoms with Gasteiger partial charge in [0.1, 0.15) is 0 Å². The molecular weight excluding hydrogens is 309 g/mol. The maximum absolute atomic E-state index is 12.8. The van der Waals surface area contributed by atoms with Crippen LogP contribution in [0.25, 0.3) is 0 Å². The van der Waals surface area contributed by atoms with E-state index in [0.29, 0.717) is 12.8 Å². The molecule has 4 nitrogen and oxygen atoms in total. The molecule has 1 aromatic carbocycles. The van der Waals surface area contributed by atoms with E-state index in [0.717, 1.165) is 18.2 Å². The highest BCUT2D eigenvalue weighted by Gasteiger charge is 2.36. The first-order valence-corrected chi connectivity index (χ1v) is 7.90. The van der Waals surface area contributed by atoms with Gasteiger partial charge in [-0.1, -0.05) is 18.6 Å². The monoisotopic (exact) mass is 324 g/mol. The molecule has 0 aliphatic rings. The van der Waals surface area contributed by atoms with Gasteiger partial charge in [0.25, 0.3) is 0 Å². The number of benzene rings is 1. The number of carboxylic acids is 1. The number of halogens is 3. The molecule has 118 valence electrons. The van der Waals surface area contributed by atoms with Gasteiger partial charge >= 0.3 is 12.1 Å². The maximum Gasteiger partial charge on any atom is 0.417 e. The summed E-state index contributed by atoms with van der Waals surface area (Å²) in [6.07, 6.45) is -4.06. The molecule has 0 spiro atoms. The van der Waals surface area contributed by atoms with Gasteiger partial charge in [0.2, 0.25) is 0 Å². The van der Waals surface area contributed by atoms with Gasteiger partial charge in [0.15, 0.2) is 9.84 Å². The summed E-state index contributed by atoms with van der Waals surface area (Å²) >= 11 is 0. The van der Waals surface area contributed by atoms with Crippen LogP contribution in [-0.4, -0.2) is 25.2 Å². The summed E-state index contributed by atoms with van der Waals surface area (Å²) in [6, 6.07) is 4.05. The smallest absolute Gasteiger partial charge is 0.417 e. The lowest BCUT2D eigenvalue weighted by atomic mass is 10.2. The Bertz CT molecular complexity index is 594. The van der Waals surface area contributed by atoms with E-state index in [2.05, 4.69) is 0 Å². The fraction of sp³-hybridized carbons (Fsp3) is 0.462. The number of aliphatic carboxylic acids is 1. The summed E-state index contributed by atoms with van der Waals surface area (Å²) in [5, 5.41) is 8.43. The van der Waals surface area contributed by atoms with Crippen molar-refractivity contribution in [3.8, 4) is 0 Å². The Labute approximate surface area is 120 Å². The SMILES string of the molecule is O=C(O)CCCCCS(=O)(=O)c1ccccc1C(F)(F)F. The van der Waals surface area contributed by atoms with Crippen LogP contribution < -0.4 is 0 Å². The van der Waals surface area contributed by atoms with Crippen molar-refractivity contribution < 1.29 is 31.5 Å². The molecule has 21 heavy (non-hydrogen) atoms. The molecule has 0 atom stereocenters. The Morgan fingerprint density at radius 3 is 2.29 bits per heavy atom. The Morgan fingerprint density at radius 1 is 1.10 bits per heavy atom. The van der Waals surface area contributed by atoms with Gasteiger partial charge in [-0.2, -0.15) is 13.2 Å². The van der Waals surface area contributed by atoms with E-state index in [-0.39, 0.29) is 12.8 Å². The molecule has 0 fully saturated rings. The third-order valence-corrected chi connectivity index (χ3v) is 4.68. The highest BCUT2D eigenvalue weighted by Crippen LogP contribution is 2.34. The second-order valence-electron chi connectivity index (χ2n) is 4.52. The molecule has 0 unspecified atom stereocenters. The standard InChI is InChI=1S/C13H15F3O4S/c14-13(15,16)10-6-3-4-7-11(10)21(19,20)9-5-1-2-8-12(17)18/h3-4,6-7H,1-2,5,8-9H2,(H,17,18). The minimum Gasteiger partial charge on any atom is -0.481 e. The fourth-order valence-corrected chi connectivity index (χ4v) is 3.44. The van der Waals surface area contributed by atoms with Gasteiger partial charge in [0, 0.05) is 6.42 Å². The molecule has 0 heterocycles. The number of alkyl halides is 3. The average Bonchev–Trinajstić information content (AvgIpc) is 2.37. The first-order chi connectivity index (χ1) is 9.64. The number of unbranched alkanes of at least 4 members (excludes halogenated alkanes) is 2. The van der Waals surface area contributed by atoms with E-state index in [4.69, 9.17) is 5.11 Å². The number of hydrogen-bond acceptors (Lipinski definition) is 3. The van der Waals surface area contributed by atoms with E-state index in [1.807, 2.05) is 0 Å². The number of carboxylic acid groups (broad SMARTS) is 1. The summed E-state index contributed by atoms with van der Waals surface area (Å²) in [6.45, 7) is 0. The predicted molar refractivity (Wildman–Crippen MR) is 69.6 cm³/mol. The van der Waals surface area contributed by atoms with Crippen molar-refractivity contribution in [2.24, 2.45) is 0 Å². The van der Waals surface area contributed by atoms with Gasteiger partial charge in [0.05, 0.1) is 16.2 Å². The van der Waals surface area contributed by atoms with Gasteiger partial charge in [-0.25, -0.2) is 8.42 Å². The van der Waals surface area contributed by atoms with E-state index in [1.165, 1.54) is 6.07 Å². The molecule has 0 amide bonds. The first kappa shape index (κ1) is 17.5. The minimum atomic E-state index is -4.73. The van der Waals surface area contributed by atoms with E-state index in [9.17, 15) is 26.4 Å². The Morgan fingerprint density at radius 2 is 1.71 bits per heavy atom. The lowest BCUT2D eigenvalue weighted by Crippen LogP contribution is -2.15. The van der Waals surface area contributed by atoms with Crippen LogP contribution in [0.15, 0.2) is 29.2 Å². The van der Waals surface area contributed by atoms with Crippen LogP contribution in [0.3, 0.4) is 0 Å². The normalized spacial score (nSPS) is 12.3. The van der Waals surface area contributed by atoms with Gasteiger partial charge in [-0.3, -0.25) is 4.79 Å². The Hall–Kier alpha value is -1.57. The summed E-state index contributed by atoms with van der Waals surface area (Å²) in [5.74, 6) is -1.42. The van der Waals surface area contributed by atoms with Crippen LogP contribution in [0.5, 0.6) is 0 Å². The second kappa shape index (κ2) is 6.93. The van der Waals surface area contributed by atoms with Crippen LogP contribution in [0.4, 0.5) is 13.2 Å². The molecular formula is C13H15F3O4S. The van der Waals surface area contributed by atoms with Crippen LogP contribution in [0.1, 0.15) is 31.2 Å². The quantitative estimate of drug-likeness (QED) is 0.782. The van der Waals surface area contributed by atoms with Gasteiger partial charge in [-0.15, -0.1) is 0 Å². The number of sulfone groups is 1. The molecule has 8 heteroatoms. The van der Waals surface area contributed by atoms with Crippen LogP contribution in [0, 0.1) is 0 Å². The lowest BCUT2D eigenvalue weighted by Gasteiger charge is -2.12. The Kier molecular flexibility index (Phi) is 5.77. The largest absolute Gasteiger partial charge is 0.481 e. The van der Waals surface area contributed by atoms with Crippen molar-refractivity contribution in [3.05, 3.63) is 29.8 Å². The van der Waals surface area contributed by atoms with Crippen molar-refractivity contribution in [1.29, 1.82) is 0 Å². The zero-order chi connectivity index (χ0) is 16.1. The first-order valence-electron chi connectivity index (χ1n) is 6.25. The van der Waals surface area contributed by atoms with Crippen molar-refractivity contribution in [1.82, 2.24) is 0 Å². The zero-order valence-electron chi connectivity index (χ0n) is 11.1. The zero-order valence-corrected chi connectivity index (χ0v) is 11.9. The van der Waals surface area contributed by atoms with Crippen molar-refractivity contribution in [2.45, 2.75) is 36.8 Å². The number of carbonyl (C=O) groups is 1. The van der Waals surface area contributed by atoms with Crippen LogP contribution in [0.2, 0.25) is 0 Å². The highest BCUT2D eigenvalue weighted by atomic mass is 32.2. The summed E-state index contributed by atoms with van der Waals surface area (Å²) < 4.78 is 62.3.